The van der Waals surface area contributed by atoms with Gasteiger partial charge in [0.2, 0.25) is 0 Å². The van der Waals surface area contributed by atoms with E-state index >= 15 is 0 Å². The first-order valence-electron chi connectivity index (χ1n) is 5.76. The topological polar surface area (TPSA) is 29.5 Å². The molecule has 3 heteroatoms. The molecule has 0 fully saturated rings. The van der Waals surface area contributed by atoms with Gasteiger partial charge in [-0.2, -0.15) is 0 Å². The molecule has 2 rings (SSSR count). The molecule has 18 heavy (non-hydrogen) atoms. The monoisotopic (exact) mass is 262 g/mol. The number of rotatable bonds is 4. The van der Waals surface area contributed by atoms with Crippen molar-refractivity contribution in [2.75, 3.05) is 7.11 Å². The minimum absolute atomic E-state index is 0.504. The Kier molecular flexibility index (Phi) is 4.24. The number of hydrogen-bond acceptors (Lipinski definition) is 2. The van der Waals surface area contributed by atoms with E-state index < -0.39 is 6.10 Å². The summed E-state index contributed by atoms with van der Waals surface area (Å²) in [7, 11) is 1.63. The van der Waals surface area contributed by atoms with E-state index in [0.29, 0.717) is 11.4 Å². The molecule has 1 unspecified atom stereocenters. The fraction of sp³-hybridized carbons (Fsp3) is 0.200. The predicted octanol–water partition coefficient (Wildman–Crippen LogP) is 3.62. The normalized spacial score (nSPS) is 12.2. The van der Waals surface area contributed by atoms with Gasteiger partial charge in [0.05, 0.1) is 13.2 Å². The van der Waals surface area contributed by atoms with Crippen LogP contribution in [-0.4, -0.2) is 12.2 Å². The van der Waals surface area contributed by atoms with E-state index in [1.165, 1.54) is 0 Å². The Labute approximate surface area is 112 Å². The van der Waals surface area contributed by atoms with E-state index in [1.54, 1.807) is 19.2 Å². The maximum Gasteiger partial charge on any atom is 0.122 e. The van der Waals surface area contributed by atoms with Crippen LogP contribution in [0.4, 0.5) is 0 Å². The zero-order valence-corrected chi connectivity index (χ0v) is 10.9. The van der Waals surface area contributed by atoms with Crippen LogP contribution in [-0.2, 0) is 6.42 Å². The standard InChI is InChI=1S/C15H15ClO2/c1-18-15-8-3-2-5-12(15)10-14(17)11-6-4-7-13(16)9-11/h2-9,14,17H,10H2,1H3. The molecule has 0 bridgehead atoms. The molecule has 2 aromatic rings. The summed E-state index contributed by atoms with van der Waals surface area (Å²) in [6, 6.07) is 15.0. The lowest BCUT2D eigenvalue weighted by Gasteiger charge is -2.13. The van der Waals surface area contributed by atoms with Crippen molar-refractivity contribution in [3.05, 3.63) is 64.7 Å². The van der Waals surface area contributed by atoms with Crippen molar-refractivity contribution in [2.45, 2.75) is 12.5 Å². The van der Waals surface area contributed by atoms with E-state index in [1.807, 2.05) is 36.4 Å². The summed E-state index contributed by atoms with van der Waals surface area (Å²) in [6.45, 7) is 0. The third-order valence-electron chi connectivity index (χ3n) is 2.84. The van der Waals surface area contributed by atoms with Gasteiger partial charge in [0.25, 0.3) is 0 Å². The van der Waals surface area contributed by atoms with Crippen molar-refractivity contribution < 1.29 is 9.84 Å². The molecule has 0 aliphatic carbocycles. The molecule has 0 radical (unpaired) electrons. The lowest BCUT2D eigenvalue weighted by molar-refractivity contribution is 0.177. The number of methoxy groups -OCH3 is 1. The molecule has 0 aromatic heterocycles. The number of para-hydroxylation sites is 1. The molecule has 0 aliphatic heterocycles. The second-order valence-electron chi connectivity index (χ2n) is 4.09. The van der Waals surface area contributed by atoms with Crippen molar-refractivity contribution >= 4 is 11.6 Å². The first kappa shape index (κ1) is 12.9. The Bertz CT molecular complexity index is 525. The van der Waals surface area contributed by atoms with Gasteiger partial charge in [0, 0.05) is 11.4 Å². The highest BCUT2D eigenvalue weighted by Crippen LogP contribution is 2.25. The lowest BCUT2D eigenvalue weighted by atomic mass is 10.0. The minimum Gasteiger partial charge on any atom is -0.496 e. The minimum atomic E-state index is -0.583. The summed E-state index contributed by atoms with van der Waals surface area (Å²) in [5.41, 5.74) is 1.79. The average Bonchev–Trinajstić information content (AvgIpc) is 2.39. The van der Waals surface area contributed by atoms with E-state index in [9.17, 15) is 5.11 Å². The average molecular weight is 263 g/mol. The molecular formula is C15H15ClO2. The number of aliphatic hydroxyl groups excluding tert-OH is 1. The SMILES string of the molecule is COc1ccccc1CC(O)c1cccc(Cl)c1. The second-order valence-corrected chi connectivity index (χ2v) is 4.52. The maximum absolute atomic E-state index is 10.2. The van der Waals surface area contributed by atoms with Crippen LogP contribution in [0.2, 0.25) is 5.02 Å². The van der Waals surface area contributed by atoms with Crippen LogP contribution in [0.3, 0.4) is 0 Å². The van der Waals surface area contributed by atoms with Gasteiger partial charge in [-0.3, -0.25) is 0 Å². The van der Waals surface area contributed by atoms with E-state index in [0.717, 1.165) is 16.9 Å². The Morgan fingerprint density at radius 2 is 1.94 bits per heavy atom. The van der Waals surface area contributed by atoms with Crippen molar-refractivity contribution in [2.24, 2.45) is 0 Å². The quantitative estimate of drug-likeness (QED) is 0.912. The third kappa shape index (κ3) is 3.03. The summed E-state index contributed by atoms with van der Waals surface area (Å²) in [6.07, 6.45) is -0.0790. The van der Waals surface area contributed by atoms with E-state index in [-0.39, 0.29) is 0 Å². The largest absolute Gasteiger partial charge is 0.496 e. The molecule has 0 saturated heterocycles. The third-order valence-corrected chi connectivity index (χ3v) is 3.07. The van der Waals surface area contributed by atoms with Crippen molar-refractivity contribution in [1.29, 1.82) is 0 Å². The molecule has 0 spiro atoms. The number of ether oxygens (including phenoxy) is 1. The van der Waals surface area contributed by atoms with Gasteiger partial charge in [-0.05, 0) is 29.3 Å². The summed E-state index contributed by atoms with van der Waals surface area (Å²) in [5, 5.41) is 10.8. The van der Waals surface area contributed by atoms with Crippen LogP contribution in [0.1, 0.15) is 17.2 Å². The van der Waals surface area contributed by atoms with Crippen LogP contribution in [0, 0.1) is 0 Å². The van der Waals surface area contributed by atoms with Gasteiger partial charge < -0.3 is 9.84 Å². The smallest absolute Gasteiger partial charge is 0.122 e. The number of benzene rings is 2. The zero-order chi connectivity index (χ0) is 13.0. The van der Waals surface area contributed by atoms with Crippen LogP contribution >= 0.6 is 11.6 Å². The van der Waals surface area contributed by atoms with E-state index in [2.05, 4.69) is 0 Å². The molecule has 0 aliphatic rings. The molecule has 2 nitrogen and oxygen atoms in total. The van der Waals surface area contributed by atoms with E-state index in [4.69, 9.17) is 16.3 Å². The second kappa shape index (κ2) is 5.89. The summed E-state index contributed by atoms with van der Waals surface area (Å²) < 4.78 is 5.27. The Hall–Kier alpha value is -1.51. The van der Waals surface area contributed by atoms with Gasteiger partial charge in [-0.1, -0.05) is 41.9 Å². The van der Waals surface area contributed by atoms with Crippen LogP contribution in [0.5, 0.6) is 5.75 Å². The fourth-order valence-electron chi connectivity index (χ4n) is 1.91. The van der Waals surface area contributed by atoms with Crippen molar-refractivity contribution in [3.8, 4) is 5.75 Å². The Morgan fingerprint density at radius 3 is 2.67 bits per heavy atom. The molecule has 94 valence electrons. The summed E-state index contributed by atoms with van der Waals surface area (Å²) in [5.74, 6) is 0.790. The first-order valence-corrected chi connectivity index (χ1v) is 6.14. The summed E-state index contributed by atoms with van der Waals surface area (Å²) >= 11 is 5.91. The van der Waals surface area contributed by atoms with Crippen LogP contribution in [0.25, 0.3) is 0 Å². The Morgan fingerprint density at radius 1 is 1.17 bits per heavy atom. The molecule has 2 aromatic carbocycles. The van der Waals surface area contributed by atoms with Gasteiger partial charge >= 0.3 is 0 Å². The van der Waals surface area contributed by atoms with Gasteiger partial charge in [0.1, 0.15) is 5.75 Å². The number of halogens is 1. The van der Waals surface area contributed by atoms with Crippen molar-refractivity contribution in [1.82, 2.24) is 0 Å². The van der Waals surface area contributed by atoms with Crippen LogP contribution in [0.15, 0.2) is 48.5 Å². The molecule has 0 heterocycles. The van der Waals surface area contributed by atoms with Crippen LogP contribution < -0.4 is 4.74 Å². The zero-order valence-electron chi connectivity index (χ0n) is 10.1. The fourth-order valence-corrected chi connectivity index (χ4v) is 2.11. The highest BCUT2D eigenvalue weighted by Gasteiger charge is 2.11. The van der Waals surface area contributed by atoms with Gasteiger partial charge in [0.15, 0.2) is 0 Å². The maximum atomic E-state index is 10.2. The molecule has 1 atom stereocenters. The van der Waals surface area contributed by atoms with Crippen molar-refractivity contribution in [3.63, 3.8) is 0 Å². The van der Waals surface area contributed by atoms with Gasteiger partial charge in [-0.25, -0.2) is 0 Å². The highest BCUT2D eigenvalue weighted by molar-refractivity contribution is 6.30. The van der Waals surface area contributed by atoms with Gasteiger partial charge in [-0.15, -0.1) is 0 Å². The molecule has 0 amide bonds. The molecular weight excluding hydrogens is 248 g/mol. The molecule has 0 saturated carbocycles. The predicted molar refractivity (Wildman–Crippen MR) is 73.1 cm³/mol. The first-order chi connectivity index (χ1) is 8.70. The Balaban J connectivity index is 2.18. The number of aliphatic hydroxyl groups is 1. The summed E-state index contributed by atoms with van der Waals surface area (Å²) in [4.78, 5) is 0. The lowest BCUT2D eigenvalue weighted by Crippen LogP contribution is -2.03. The molecule has 1 N–H and O–H groups in total. The number of hydrogen-bond donors (Lipinski definition) is 1. The highest BCUT2D eigenvalue weighted by atomic mass is 35.5.